The molecule has 1 aromatic carbocycles. The molecule has 2 bridgehead atoms. The van der Waals surface area contributed by atoms with Gasteiger partial charge in [0.15, 0.2) is 0 Å². The number of carbonyl (C=O) groups is 3. The number of hydrogen-bond acceptors (Lipinski definition) is 7. The normalized spacial score (nSPS) is 26.1. The predicted octanol–water partition coefficient (Wildman–Crippen LogP) is 3.71. The Kier molecular flexibility index (Phi) is 10.3. The lowest BCUT2D eigenvalue weighted by Crippen LogP contribution is -2.56. The largest absolute Gasteiger partial charge is 0.465 e. The molecule has 224 valence electrons. The average Bonchev–Trinajstić information content (AvgIpc) is 3.62. The molecule has 5 atom stereocenters. The van der Waals surface area contributed by atoms with Gasteiger partial charge in [-0.2, -0.15) is 0 Å². The van der Waals surface area contributed by atoms with Gasteiger partial charge in [-0.1, -0.05) is 12.2 Å². The number of likely N-dealkylation sites (tertiary alicyclic amines) is 1. The Bertz CT molecular complexity index is 1100. The van der Waals surface area contributed by atoms with Gasteiger partial charge in [0.05, 0.1) is 24.5 Å². The summed E-state index contributed by atoms with van der Waals surface area (Å²) in [5.74, 6) is -2.41. The Morgan fingerprint density at radius 2 is 1.83 bits per heavy atom. The highest BCUT2D eigenvalue weighted by Gasteiger charge is 2.75. The summed E-state index contributed by atoms with van der Waals surface area (Å²) in [7, 11) is 0. The number of amides is 2. The monoisotopic (exact) mass is 567 g/mol. The van der Waals surface area contributed by atoms with Crippen molar-refractivity contribution in [2.75, 3.05) is 49.2 Å². The molecule has 1 spiro atoms. The summed E-state index contributed by atoms with van der Waals surface area (Å²) >= 11 is 0. The van der Waals surface area contributed by atoms with Crippen molar-refractivity contribution in [2.24, 2.45) is 11.8 Å². The maximum atomic E-state index is 14.6. The van der Waals surface area contributed by atoms with Crippen LogP contribution >= 0.6 is 0 Å². The molecule has 1 N–H and O–H groups in total. The second-order valence-corrected chi connectivity index (χ2v) is 11.0. The number of anilines is 2. The molecular formula is C32H45N3O6. The highest BCUT2D eigenvalue weighted by atomic mass is 16.6. The molecule has 9 heteroatoms. The Morgan fingerprint density at radius 1 is 1.12 bits per heavy atom. The zero-order valence-corrected chi connectivity index (χ0v) is 24.5. The molecule has 1 aromatic rings. The minimum Gasteiger partial charge on any atom is -0.465 e. The number of aliphatic hydroxyl groups is 1. The van der Waals surface area contributed by atoms with Crippen molar-refractivity contribution in [3.8, 4) is 0 Å². The Labute approximate surface area is 243 Å². The molecule has 3 heterocycles. The lowest BCUT2D eigenvalue weighted by molar-refractivity contribution is -0.155. The first-order valence-electron chi connectivity index (χ1n) is 15.0. The van der Waals surface area contributed by atoms with Crippen molar-refractivity contribution < 1.29 is 29.0 Å². The van der Waals surface area contributed by atoms with Crippen LogP contribution in [0.25, 0.3) is 0 Å². The zero-order valence-electron chi connectivity index (χ0n) is 24.5. The third-order valence-corrected chi connectivity index (χ3v) is 8.80. The van der Waals surface area contributed by atoms with Gasteiger partial charge >= 0.3 is 5.97 Å². The standard InChI is InChI=1S/C32H45N3O6/c1-5-9-22-40-31(39)26-25-17-18-32(41-25)27(26)29(37)35(20-11-10-12-21-36)28(32)30(38)34(19-6-2)24-15-13-23(14-16-24)33(7-3)8-4/h5-6,13-16,25-28,36H,1-2,7-12,17-22H2,3-4H3/t25-,26+,27-,28?,32?/m0/s1. The third kappa shape index (κ3) is 5.79. The molecular weight excluding hydrogens is 522 g/mol. The van der Waals surface area contributed by atoms with Crippen molar-refractivity contribution in [1.29, 1.82) is 0 Å². The van der Waals surface area contributed by atoms with Crippen LogP contribution in [0.2, 0.25) is 0 Å². The molecule has 41 heavy (non-hydrogen) atoms. The van der Waals surface area contributed by atoms with Gasteiger partial charge in [-0.25, -0.2) is 0 Å². The van der Waals surface area contributed by atoms with Crippen LogP contribution in [0.5, 0.6) is 0 Å². The Morgan fingerprint density at radius 3 is 2.46 bits per heavy atom. The number of ether oxygens (including phenoxy) is 2. The second kappa shape index (κ2) is 13.7. The molecule has 4 rings (SSSR count). The summed E-state index contributed by atoms with van der Waals surface area (Å²) in [6, 6.07) is 7.00. The van der Waals surface area contributed by atoms with Gasteiger partial charge in [-0.15, -0.1) is 13.2 Å². The SMILES string of the molecule is C=CCCOC(=O)[C@@H]1[C@@H]2CCC3(O2)C(C(=O)N(CC=C)c2ccc(N(CC)CC)cc2)N(CCCCCO)C(=O)[C@H]13. The number of fused-ring (bicyclic) bond motifs is 1. The van der Waals surface area contributed by atoms with Crippen molar-refractivity contribution in [2.45, 2.75) is 70.1 Å². The second-order valence-electron chi connectivity index (χ2n) is 11.0. The minimum absolute atomic E-state index is 0.0723. The zero-order chi connectivity index (χ0) is 29.6. The quantitative estimate of drug-likeness (QED) is 0.185. The number of carbonyl (C=O) groups excluding carboxylic acids is 3. The maximum Gasteiger partial charge on any atom is 0.312 e. The lowest BCUT2D eigenvalue weighted by atomic mass is 9.70. The molecule has 2 unspecified atom stereocenters. The van der Waals surface area contributed by atoms with E-state index in [9.17, 15) is 19.5 Å². The fraction of sp³-hybridized carbons (Fsp3) is 0.594. The van der Waals surface area contributed by atoms with Crippen LogP contribution in [0.3, 0.4) is 0 Å². The number of esters is 1. The molecule has 3 fully saturated rings. The number of nitrogens with zero attached hydrogens (tertiary/aromatic N) is 3. The fourth-order valence-corrected chi connectivity index (χ4v) is 6.88. The van der Waals surface area contributed by atoms with Crippen molar-refractivity contribution >= 4 is 29.2 Å². The van der Waals surface area contributed by atoms with Gasteiger partial charge in [-0.05, 0) is 76.6 Å². The average molecular weight is 568 g/mol. The molecule has 3 saturated heterocycles. The summed E-state index contributed by atoms with van der Waals surface area (Å²) in [6.07, 6.45) is 6.52. The van der Waals surface area contributed by atoms with Gasteiger partial charge < -0.3 is 29.3 Å². The first-order chi connectivity index (χ1) is 19.9. The number of aliphatic hydroxyl groups excluding tert-OH is 1. The van der Waals surface area contributed by atoms with E-state index in [-0.39, 0.29) is 31.6 Å². The fourth-order valence-electron chi connectivity index (χ4n) is 6.88. The Hall–Kier alpha value is -3.17. The van der Waals surface area contributed by atoms with Crippen LogP contribution in [0, 0.1) is 11.8 Å². The van der Waals surface area contributed by atoms with Gasteiger partial charge in [0, 0.05) is 44.2 Å². The van der Waals surface area contributed by atoms with Gasteiger partial charge in [-0.3, -0.25) is 14.4 Å². The first-order valence-corrected chi connectivity index (χ1v) is 15.0. The smallest absolute Gasteiger partial charge is 0.312 e. The van der Waals surface area contributed by atoms with Crippen LogP contribution in [-0.4, -0.2) is 84.9 Å². The molecule has 0 aliphatic carbocycles. The Balaban J connectivity index is 1.68. The van der Waals surface area contributed by atoms with Crippen LogP contribution in [0.4, 0.5) is 11.4 Å². The summed E-state index contributed by atoms with van der Waals surface area (Å²) < 4.78 is 12.0. The van der Waals surface area contributed by atoms with E-state index in [1.807, 2.05) is 24.3 Å². The number of benzene rings is 1. The summed E-state index contributed by atoms with van der Waals surface area (Å²) in [6.45, 7) is 14.4. The van der Waals surface area contributed by atoms with Crippen LogP contribution in [0.1, 0.15) is 52.4 Å². The van der Waals surface area contributed by atoms with E-state index in [1.165, 1.54) is 0 Å². The highest BCUT2D eigenvalue weighted by Crippen LogP contribution is 2.59. The molecule has 3 aliphatic rings. The summed E-state index contributed by atoms with van der Waals surface area (Å²) in [5.41, 5.74) is 0.699. The summed E-state index contributed by atoms with van der Waals surface area (Å²) in [5, 5.41) is 9.26. The van der Waals surface area contributed by atoms with E-state index in [0.29, 0.717) is 44.3 Å². The molecule has 3 aliphatic heterocycles. The van der Waals surface area contributed by atoms with E-state index in [2.05, 4.69) is 31.9 Å². The topological polar surface area (TPSA) is 99.6 Å². The van der Waals surface area contributed by atoms with E-state index in [0.717, 1.165) is 25.2 Å². The van der Waals surface area contributed by atoms with E-state index < -0.39 is 35.6 Å². The van der Waals surface area contributed by atoms with Gasteiger partial charge in [0.2, 0.25) is 5.91 Å². The predicted molar refractivity (Wildman–Crippen MR) is 159 cm³/mol. The molecule has 2 amide bonds. The summed E-state index contributed by atoms with van der Waals surface area (Å²) in [4.78, 5) is 47.4. The molecule has 0 aromatic heterocycles. The van der Waals surface area contributed by atoms with Crippen molar-refractivity contribution in [1.82, 2.24) is 4.90 Å². The number of unbranched alkanes of at least 4 members (excludes halogenated alkanes) is 2. The van der Waals surface area contributed by atoms with Crippen LogP contribution < -0.4 is 9.80 Å². The van der Waals surface area contributed by atoms with E-state index in [4.69, 9.17) is 9.47 Å². The van der Waals surface area contributed by atoms with Crippen molar-refractivity contribution in [3.63, 3.8) is 0 Å². The lowest BCUT2D eigenvalue weighted by Gasteiger charge is -2.37. The van der Waals surface area contributed by atoms with Crippen LogP contribution in [-0.2, 0) is 23.9 Å². The number of rotatable bonds is 16. The molecule has 0 saturated carbocycles. The molecule has 9 nitrogen and oxygen atoms in total. The molecule has 0 radical (unpaired) electrons. The van der Waals surface area contributed by atoms with E-state index in [1.54, 1.807) is 22.0 Å². The maximum absolute atomic E-state index is 14.6. The van der Waals surface area contributed by atoms with Crippen molar-refractivity contribution in [3.05, 3.63) is 49.6 Å². The van der Waals surface area contributed by atoms with E-state index >= 15 is 0 Å². The first kappa shape index (κ1) is 30.8. The van der Waals surface area contributed by atoms with Gasteiger partial charge in [0.25, 0.3) is 5.91 Å². The minimum atomic E-state index is -1.08. The number of hydrogen-bond donors (Lipinski definition) is 1. The third-order valence-electron chi connectivity index (χ3n) is 8.80. The highest BCUT2D eigenvalue weighted by molar-refractivity contribution is 6.04. The van der Waals surface area contributed by atoms with Crippen LogP contribution in [0.15, 0.2) is 49.6 Å². The van der Waals surface area contributed by atoms with Gasteiger partial charge in [0.1, 0.15) is 11.6 Å².